The molecule has 0 radical (unpaired) electrons. The molecule has 1 aliphatic heterocycles. The molecule has 0 spiro atoms. The lowest BCUT2D eigenvalue weighted by Crippen LogP contribution is -2.30. The summed E-state index contributed by atoms with van der Waals surface area (Å²) in [7, 11) is 1.66. The van der Waals surface area contributed by atoms with E-state index in [1.165, 1.54) is 49.9 Å². The molecule has 4 rings (SSSR count). The number of allylic oxidation sites excluding steroid dienone is 1. The Morgan fingerprint density at radius 1 is 1.14 bits per heavy atom. The summed E-state index contributed by atoms with van der Waals surface area (Å²) in [4.78, 5) is 56.9. The van der Waals surface area contributed by atoms with Crippen LogP contribution in [0.3, 0.4) is 0 Å². The topological polar surface area (TPSA) is 130 Å². The van der Waals surface area contributed by atoms with Crippen molar-refractivity contribution < 1.29 is 28.7 Å². The third-order valence-corrected chi connectivity index (χ3v) is 6.40. The van der Waals surface area contributed by atoms with E-state index in [4.69, 9.17) is 9.90 Å². The highest BCUT2D eigenvalue weighted by Gasteiger charge is 2.26. The van der Waals surface area contributed by atoms with Gasteiger partial charge in [0.1, 0.15) is 5.82 Å². The molecular formula is C27H31FN4O5. The molecule has 2 aromatic rings. The number of Topliss-reactive ketones (excluding diaryl/α,β-unsaturated/α-hetero) is 3. The SMILES string of the molecule is CNc1cc(F)cc2c1CC(=O)C(C(=O)Cc1cnc(C(=O)CCCN3CCCCC3)nc1)=C2.O=CO. The second kappa shape index (κ2) is 13.5. The molecule has 1 fully saturated rings. The molecule has 10 heteroatoms. The van der Waals surface area contributed by atoms with E-state index in [-0.39, 0.29) is 48.1 Å². The summed E-state index contributed by atoms with van der Waals surface area (Å²) in [5.41, 5.74) is 2.30. The van der Waals surface area contributed by atoms with Crippen LogP contribution in [0.4, 0.5) is 10.1 Å². The maximum Gasteiger partial charge on any atom is 0.290 e. The molecule has 0 saturated carbocycles. The van der Waals surface area contributed by atoms with Crippen LogP contribution in [0.5, 0.6) is 0 Å². The number of anilines is 1. The average molecular weight is 511 g/mol. The minimum absolute atomic E-state index is 0.0325. The largest absolute Gasteiger partial charge is 0.483 e. The monoisotopic (exact) mass is 510 g/mol. The van der Waals surface area contributed by atoms with Crippen LogP contribution in [0.15, 0.2) is 30.1 Å². The highest BCUT2D eigenvalue weighted by molar-refractivity contribution is 6.25. The quantitative estimate of drug-likeness (QED) is 0.297. The van der Waals surface area contributed by atoms with Gasteiger partial charge in [0.25, 0.3) is 6.47 Å². The van der Waals surface area contributed by atoms with E-state index in [0.717, 1.165) is 26.1 Å². The summed E-state index contributed by atoms with van der Waals surface area (Å²) in [5.74, 6) is -1.09. The number of fused-ring (bicyclic) bond motifs is 1. The predicted octanol–water partition coefficient (Wildman–Crippen LogP) is 3.13. The van der Waals surface area contributed by atoms with E-state index in [1.807, 2.05) is 0 Å². The van der Waals surface area contributed by atoms with Gasteiger partial charge in [0.2, 0.25) is 0 Å². The molecule has 0 amide bonds. The molecule has 37 heavy (non-hydrogen) atoms. The van der Waals surface area contributed by atoms with Crippen molar-refractivity contribution in [2.75, 3.05) is 32.0 Å². The first-order chi connectivity index (χ1) is 17.9. The molecule has 196 valence electrons. The molecule has 0 atom stereocenters. The number of halogens is 1. The van der Waals surface area contributed by atoms with Gasteiger partial charge in [-0.1, -0.05) is 6.42 Å². The molecule has 9 nitrogen and oxygen atoms in total. The van der Waals surface area contributed by atoms with Gasteiger partial charge >= 0.3 is 0 Å². The van der Waals surface area contributed by atoms with E-state index < -0.39 is 5.82 Å². The van der Waals surface area contributed by atoms with Crippen molar-refractivity contribution in [1.29, 1.82) is 0 Å². The first-order valence-electron chi connectivity index (χ1n) is 12.3. The van der Waals surface area contributed by atoms with Crippen molar-refractivity contribution >= 4 is 35.6 Å². The maximum atomic E-state index is 13.9. The number of rotatable bonds is 9. The minimum atomic E-state index is -0.440. The van der Waals surface area contributed by atoms with E-state index in [9.17, 15) is 18.8 Å². The third-order valence-electron chi connectivity index (χ3n) is 6.40. The molecule has 1 aromatic carbocycles. The first kappa shape index (κ1) is 27.8. The summed E-state index contributed by atoms with van der Waals surface area (Å²) < 4.78 is 13.9. The second-order valence-corrected chi connectivity index (χ2v) is 8.98. The lowest BCUT2D eigenvalue weighted by atomic mass is 9.87. The van der Waals surface area contributed by atoms with Crippen molar-refractivity contribution in [3.05, 3.63) is 58.4 Å². The maximum absolute atomic E-state index is 13.9. The van der Waals surface area contributed by atoms with Crippen LogP contribution < -0.4 is 5.32 Å². The zero-order valence-electron chi connectivity index (χ0n) is 20.8. The minimum Gasteiger partial charge on any atom is -0.483 e. The van der Waals surface area contributed by atoms with Crippen LogP contribution >= 0.6 is 0 Å². The number of benzene rings is 1. The Bertz CT molecular complexity index is 1170. The van der Waals surface area contributed by atoms with Crippen LogP contribution in [-0.4, -0.2) is 70.5 Å². The van der Waals surface area contributed by atoms with Crippen molar-refractivity contribution in [3.8, 4) is 0 Å². The number of nitrogens with zero attached hydrogens (tertiary/aromatic N) is 3. The zero-order valence-corrected chi connectivity index (χ0v) is 20.8. The highest BCUT2D eigenvalue weighted by atomic mass is 19.1. The Morgan fingerprint density at radius 3 is 2.46 bits per heavy atom. The van der Waals surface area contributed by atoms with Crippen molar-refractivity contribution in [1.82, 2.24) is 14.9 Å². The lowest BCUT2D eigenvalue weighted by molar-refractivity contribution is -0.123. The number of carbonyl (C=O) groups is 4. The Labute approximate surface area is 214 Å². The molecule has 0 unspecified atom stereocenters. The van der Waals surface area contributed by atoms with Gasteiger partial charge in [0, 0.05) is 44.4 Å². The predicted molar refractivity (Wildman–Crippen MR) is 136 cm³/mol. The van der Waals surface area contributed by atoms with Crippen LogP contribution in [0.2, 0.25) is 0 Å². The molecule has 2 N–H and O–H groups in total. The van der Waals surface area contributed by atoms with Gasteiger partial charge in [-0.05, 0) is 73.8 Å². The number of carboxylic acid groups (broad SMARTS) is 1. The standard InChI is InChI=1S/C26H29FN4O3.CH2O2/c1-28-22-13-19(27)11-18-12-21(25(34)14-20(18)22)24(33)10-17-15-29-26(30-16-17)23(32)6-5-9-31-7-3-2-4-8-31;2-1-3/h11-13,15-16,28H,2-10,14H2,1H3;1H,(H,2,3). The second-order valence-electron chi connectivity index (χ2n) is 8.98. The fraction of sp³-hybridized carbons (Fsp3) is 0.407. The first-order valence-corrected chi connectivity index (χ1v) is 12.3. The van der Waals surface area contributed by atoms with Gasteiger partial charge in [0.05, 0.1) is 5.57 Å². The van der Waals surface area contributed by atoms with Crippen molar-refractivity contribution in [2.24, 2.45) is 0 Å². The number of likely N-dealkylation sites (tertiary alicyclic amines) is 1. The Kier molecular flexibility index (Phi) is 10.1. The fourth-order valence-corrected chi connectivity index (χ4v) is 4.56. The summed E-state index contributed by atoms with van der Waals surface area (Å²) in [6.07, 6.45) is 9.24. The fourth-order valence-electron chi connectivity index (χ4n) is 4.56. The normalized spacial score (nSPS) is 15.1. The average Bonchev–Trinajstić information content (AvgIpc) is 2.89. The van der Waals surface area contributed by atoms with Crippen LogP contribution in [-0.2, 0) is 27.2 Å². The molecule has 2 heterocycles. The Balaban J connectivity index is 0.00000121. The third kappa shape index (κ3) is 7.60. The number of hydrogen-bond acceptors (Lipinski definition) is 8. The van der Waals surface area contributed by atoms with Gasteiger partial charge in [-0.2, -0.15) is 0 Å². The van der Waals surface area contributed by atoms with Gasteiger partial charge in [-0.25, -0.2) is 14.4 Å². The Morgan fingerprint density at radius 2 is 1.81 bits per heavy atom. The molecule has 1 saturated heterocycles. The van der Waals surface area contributed by atoms with Gasteiger partial charge in [-0.15, -0.1) is 0 Å². The summed E-state index contributed by atoms with van der Waals surface area (Å²) in [6.45, 7) is 2.86. The number of carbonyl (C=O) groups excluding carboxylic acids is 3. The molecule has 1 aromatic heterocycles. The van der Waals surface area contributed by atoms with Crippen LogP contribution in [0, 0.1) is 5.82 Å². The molecular weight excluding hydrogens is 479 g/mol. The summed E-state index contributed by atoms with van der Waals surface area (Å²) in [6, 6.07) is 2.66. The van der Waals surface area contributed by atoms with E-state index in [0.29, 0.717) is 28.8 Å². The lowest BCUT2D eigenvalue weighted by Gasteiger charge is -2.26. The smallest absolute Gasteiger partial charge is 0.290 e. The van der Waals surface area contributed by atoms with E-state index >= 15 is 0 Å². The number of nitrogens with one attached hydrogen (secondary N) is 1. The Hall–Kier alpha value is -3.79. The van der Waals surface area contributed by atoms with Gasteiger partial charge < -0.3 is 15.3 Å². The number of aromatic nitrogens is 2. The number of piperidine rings is 1. The highest BCUT2D eigenvalue weighted by Crippen LogP contribution is 2.30. The molecule has 2 aliphatic rings. The van der Waals surface area contributed by atoms with E-state index in [1.54, 1.807) is 7.05 Å². The number of ketones is 3. The van der Waals surface area contributed by atoms with Gasteiger partial charge in [-0.3, -0.25) is 19.2 Å². The van der Waals surface area contributed by atoms with Crippen LogP contribution in [0.25, 0.3) is 6.08 Å². The van der Waals surface area contributed by atoms with Gasteiger partial charge in [0.15, 0.2) is 23.2 Å². The molecule has 0 bridgehead atoms. The van der Waals surface area contributed by atoms with E-state index in [2.05, 4.69) is 20.2 Å². The summed E-state index contributed by atoms with van der Waals surface area (Å²) in [5, 5.41) is 9.78. The molecule has 1 aliphatic carbocycles. The van der Waals surface area contributed by atoms with Crippen LogP contribution in [0.1, 0.15) is 59.4 Å². The van der Waals surface area contributed by atoms with Crippen molar-refractivity contribution in [3.63, 3.8) is 0 Å². The summed E-state index contributed by atoms with van der Waals surface area (Å²) >= 11 is 0. The number of hydrogen-bond donors (Lipinski definition) is 2. The van der Waals surface area contributed by atoms with Crippen molar-refractivity contribution in [2.45, 2.75) is 44.9 Å². The zero-order chi connectivity index (χ0) is 26.8.